The van der Waals surface area contributed by atoms with Gasteiger partial charge < -0.3 is 19.3 Å². The first-order valence-corrected chi connectivity index (χ1v) is 6.30. The fourth-order valence-electron chi connectivity index (χ4n) is 1.97. The Kier molecular flexibility index (Phi) is 4.52. The van der Waals surface area contributed by atoms with Gasteiger partial charge in [-0.1, -0.05) is 6.07 Å². The smallest absolute Gasteiger partial charge is 0.292 e. The molecule has 0 aliphatic carbocycles. The molecule has 0 spiro atoms. The van der Waals surface area contributed by atoms with Crippen molar-refractivity contribution in [2.45, 2.75) is 13.5 Å². The highest BCUT2D eigenvalue weighted by molar-refractivity contribution is 5.45. The molecule has 0 bridgehead atoms. The maximum Gasteiger partial charge on any atom is 0.292 e. The molecule has 0 aliphatic rings. The molecule has 2 aromatic rings. The molecule has 0 heterocycles. The summed E-state index contributed by atoms with van der Waals surface area (Å²) in [4.78, 5) is 0. The molecular formula is C16H15NO4. The average molecular weight is 285 g/mol. The van der Waals surface area contributed by atoms with Crippen molar-refractivity contribution < 1.29 is 19.3 Å². The number of nitrogens with zero attached hydrogens (tertiary/aromatic N) is 1. The molecule has 0 atom stereocenters. The predicted molar refractivity (Wildman–Crippen MR) is 76.4 cm³/mol. The van der Waals surface area contributed by atoms with Crippen LogP contribution in [0.1, 0.15) is 11.1 Å². The van der Waals surface area contributed by atoms with Crippen molar-refractivity contribution in [1.82, 2.24) is 0 Å². The molecule has 0 radical (unpaired) electrons. The van der Waals surface area contributed by atoms with Crippen LogP contribution in [0, 0.1) is 18.4 Å². The third kappa shape index (κ3) is 3.37. The summed E-state index contributed by atoms with van der Waals surface area (Å²) in [6.45, 7) is 2.02. The molecule has 0 saturated heterocycles. The minimum absolute atomic E-state index is 0.186. The standard InChI is InChI=1S/C16H15NO4/c1-11-8-12(18)6-7-14(11)20-9-13-15(19-2)4-3-5-16(13)21-10-17/h3-8,18H,9H2,1-2H3. The maximum atomic E-state index is 9.39. The van der Waals surface area contributed by atoms with E-state index in [-0.39, 0.29) is 12.4 Å². The fourth-order valence-corrected chi connectivity index (χ4v) is 1.97. The van der Waals surface area contributed by atoms with Gasteiger partial charge in [0.1, 0.15) is 23.9 Å². The van der Waals surface area contributed by atoms with Gasteiger partial charge in [0.05, 0.1) is 12.7 Å². The first-order chi connectivity index (χ1) is 10.2. The van der Waals surface area contributed by atoms with Crippen molar-refractivity contribution in [3.05, 3.63) is 47.5 Å². The van der Waals surface area contributed by atoms with E-state index in [0.29, 0.717) is 22.8 Å². The Morgan fingerprint density at radius 1 is 1.14 bits per heavy atom. The number of nitriles is 1. The summed E-state index contributed by atoms with van der Waals surface area (Å²) in [7, 11) is 1.54. The lowest BCUT2D eigenvalue weighted by molar-refractivity contribution is 0.288. The molecule has 0 unspecified atom stereocenters. The lowest BCUT2D eigenvalue weighted by Gasteiger charge is -2.14. The van der Waals surface area contributed by atoms with E-state index in [9.17, 15) is 5.11 Å². The summed E-state index contributed by atoms with van der Waals surface area (Å²) in [5, 5.41) is 18.1. The Morgan fingerprint density at radius 2 is 1.90 bits per heavy atom. The number of ether oxygens (including phenoxy) is 3. The van der Waals surface area contributed by atoms with E-state index in [4.69, 9.17) is 19.5 Å². The van der Waals surface area contributed by atoms with Gasteiger partial charge >= 0.3 is 0 Å². The van der Waals surface area contributed by atoms with Gasteiger partial charge in [-0.25, -0.2) is 0 Å². The van der Waals surface area contributed by atoms with Crippen LogP contribution in [0.3, 0.4) is 0 Å². The predicted octanol–water partition coefficient (Wildman–Crippen LogP) is 3.15. The van der Waals surface area contributed by atoms with Gasteiger partial charge in [-0.15, -0.1) is 5.26 Å². The Balaban J connectivity index is 2.24. The third-order valence-electron chi connectivity index (χ3n) is 3.00. The molecule has 0 fully saturated rings. The highest BCUT2D eigenvalue weighted by atomic mass is 16.5. The zero-order chi connectivity index (χ0) is 15.2. The summed E-state index contributed by atoms with van der Waals surface area (Å²) in [6, 6.07) is 10.0. The van der Waals surface area contributed by atoms with Crippen LogP contribution in [-0.2, 0) is 6.61 Å². The molecule has 0 saturated carbocycles. The van der Waals surface area contributed by atoms with Crippen LogP contribution in [0.2, 0.25) is 0 Å². The Hall–Kier alpha value is -2.87. The highest BCUT2D eigenvalue weighted by Gasteiger charge is 2.12. The van der Waals surface area contributed by atoms with Crippen molar-refractivity contribution in [3.8, 4) is 29.3 Å². The summed E-state index contributed by atoms with van der Waals surface area (Å²) in [5.41, 5.74) is 1.46. The lowest BCUT2D eigenvalue weighted by atomic mass is 10.2. The minimum atomic E-state index is 0.186. The van der Waals surface area contributed by atoms with E-state index in [1.165, 1.54) is 0 Å². The number of hydrogen-bond donors (Lipinski definition) is 1. The lowest BCUT2D eigenvalue weighted by Crippen LogP contribution is -2.02. The normalized spacial score (nSPS) is 9.76. The van der Waals surface area contributed by atoms with Crippen molar-refractivity contribution in [2.75, 3.05) is 7.11 Å². The average Bonchev–Trinajstić information content (AvgIpc) is 2.47. The SMILES string of the molecule is COc1cccc(OC#N)c1COc1ccc(O)cc1C. The monoisotopic (exact) mass is 285 g/mol. The van der Waals surface area contributed by atoms with Gasteiger partial charge in [0, 0.05) is 0 Å². The van der Waals surface area contributed by atoms with Crippen LogP contribution in [-0.4, -0.2) is 12.2 Å². The van der Waals surface area contributed by atoms with Crippen molar-refractivity contribution >= 4 is 0 Å². The number of rotatable bonds is 5. The molecular weight excluding hydrogens is 270 g/mol. The quantitative estimate of drug-likeness (QED) is 0.854. The molecule has 5 heteroatoms. The summed E-state index contributed by atoms with van der Waals surface area (Å²) < 4.78 is 15.9. The zero-order valence-electron chi connectivity index (χ0n) is 11.8. The molecule has 0 amide bonds. The van der Waals surface area contributed by atoms with E-state index in [0.717, 1.165) is 5.56 Å². The zero-order valence-corrected chi connectivity index (χ0v) is 11.8. The van der Waals surface area contributed by atoms with Crippen LogP contribution in [0.25, 0.3) is 0 Å². The van der Waals surface area contributed by atoms with E-state index >= 15 is 0 Å². The Morgan fingerprint density at radius 3 is 2.57 bits per heavy atom. The second kappa shape index (κ2) is 6.53. The topological polar surface area (TPSA) is 71.7 Å². The second-order valence-electron chi connectivity index (χ2n) is 4.37. The number of methoxy groups -OCH3 is 1. The van der Waals surface area contributed by atoms with Gasteiger partial charge in [-0.3, -0.25) is 0 Å². The van der Waals surface area contributed by atoms with E-state index in [1.807, 2.05) is 6.92 Å². The van der Waals surface area contributed by atoms with Crippen molar-refractivity contribution in [3.63, 3.8) is 0 Å². The van der Waals surface area contributed by atoms with Crippen LogP contribution in [0.4, 0.5) is 0 Å². The number of aromatic hydroxyl groups is 1. The summed E-state index contributed by atoms with van der Waals surface area (Å²) >= 11 is 0. The van der Waals surface area contributed by atoms with Crippen LogP contribution in [0.5, 0.6) is 23.0 Å². The molecule has 5 nitrogen and oxygen atoms in total. The first-order valence-electron chi connectivity index (χ1n) is 6.30. The van der Waals surface area contributed by atoms with Crippen molar-refractivity contribution in [1.29, 1.82) is 5.26 Å². The van der Waals surface area contributed by atoms with E-state index in [1.54, 1.807) is 49.8 Å². The summed E-state index contributed by atoms with van der Waals surface area (Å²) in [6.07, 6.45) is 1.65. The van der Waals surface area contributed by atoms with Crippen LogP contribution >= 0.6 is 0 Å². The molecule has 1 N–H and O–H groups in total. The molecule has 0 aromatic heterocycles. The number of hydrogen-bond acceptors (Lipinski definition) is 5. The maximum absolute atomic E-state index is 9.39. The number of phenols is 1. The van der Waals surface area contributed by atoms with Gasteiger partial charge in [0.2, 0.25) is 0 Å². The van der Waals surface area contributed by atoms with E-state index in [2.05, 4.69) is 0 Å². The van der Waals surface area contributed by atoms with Gasteiger partial charge in [-0.05, 0) is 42.8 Å². The molecule has 0 aliphatic heterocycles. The van der Waals surface area contributed by atoms with Gasteiger partial charge in [0.25, 0.3) is 6.26 Å². The minimum Gasteiger partial charge on any atom is -0.508 e. The summed E-state index contributed by atoms with van der Waals surface area (Å²) in [5.74, 6) is 1.81. The molecule has 21 heavy (non-hydrogen) atoms. The number of benzene rings is 2. The first kappa shape index (κ1) is 14.5. The van der Waals surface area contributed by atoms with Crippen LogP contribution < -0.4 is 14.2 Å². The van der Waals surface area contributed by atoms with Crippen molar-refractivity contribution in [2.24, 2.45) is 0 Å². The number of aryl methyl sites for hydroxylation is 1. The van der Waals surface area contributed by atoms with Gasteiger partial charge in [0.15, 0.2) is 5.75 Å². The highest BCUT2D eigenvalue weighted by Crippen LogP contribution is 2.31. The largest absolute Gasteiger partial charge is 0.508 e. The second-order valence-corrected chi connectivity index (χ2v) is 4.37. The van der Waals surface area contributed by atoms with Gasteiger partial charge in [-0.2, -0.15) is 0 Å². The molecule has 2 rings (SSSR count). The Labute approximate surface area is 122 Å². The Bertz CT molecular complexity index is 676. The third-order valence-corrected chi connectivity index (χ3v) is 3.00. The molecule has 2 aromatic carbocycles. The number of phenolic OH excluding ortho intramolecular Hbond substituents is 1. The fraction of sp³-hybridized carbons (Fsp3) is 0.188. The van der Waals surface area contributed by atoms with E-state index < -0.39 is 0 Å². The van der Waals surface area contributed by atoms with Crippen LogP contribution in [0.15, 0.2) is 36.4 Å². The molecule has 108 valence electrons.